The zero-order valence-corrected chi connectivity index (χ0v) is 5.18. The van der Waals surface area contributed by atoms with Crippen LogP contribution in [0.25, 0.3) is 0 Å². The van der Waals surface area contributed by atoms with E-state index in [1.54, 1.807) is 0 Å². The molecule has 0 radical (unpaired) electrons. The summed E-state index contributed by atoms with van der Waals surface area (Å²) in [5.41, 5.74) is 0. The molecule has 0 bridgehead atoms. The minimum atomic E-state index is -0.300. The molecule has 52 valence electrons. The van der Waals surface area contributed by atoms with E-state index in [2.05, 4.69) is 15.6 Å². The van der Waals surface area contributed by atoms with Crippen LogP contribution in [0, 0.1) is 0 Å². The average molecular weight is 128 g/mol. The van der Waals surface area contributed by atoms with Crippen molar-refractivity contribution >= 4 is 5.96 Å². The quantitative estimate of drug-likeness (QED) is 0.411. The lowest BCUT2D eigenvalue weighted by Gasteiger charge is -2.17. The molecule has 4 heteroatoms. The second-order valence-electron chi connectivity index (χ2n) is 1.83. The van der Waals surface area contributed by atoms with Gasteiger partial charge in [0, 0.05) is 13.1 Å². The lowest BCUT2D eigenvalue weighted by Crippen LogP contribution is -2.43. The third-order valence-corrected chi connectivity index (χ3v) is 1.14. The monoisotopic (exact) mass is 128 g/mol. The Morgan fingerprint density at radius 2 is 2.67 bits per heavy atom. The molecule has 0 atom stereocenters. The molecule has 1 heterocycles. The normalized spacial score (nSPS) is 18.1. The molecule has 0 saturated carbocycles. The number of rotatable bonds is 1. The predicted octanol–water partition coefficient (Wildman–Crippen LogP) is -1.76. The maximum Gasteiger partial charge on any atom is 0.189 e. The lowest BCUT2D eigenvalue weighted by atomic mass is 10.4. The van der Waals surface area contributed by atoms with Crippen molar-refractivity contribution in [3.63, 3.8) is 0 Å². The smallest absolute Gasteiger partial charge is 0.189 e. The second kappa shape index (κ2) is 3.29. The molecule has 0 aromatic rings. The molecule has 9 heavy (non-hydrogen) atoms. The van der Waals surface area contributed by atoms with Gasteiger partial charge < -0.3 is 15.7 Å². The first-order valence-electron chi connectivity index (χ1n) is 3.04. The van der Waals surface area contributed by atoms with Crippen LogP contribution in [0.2, 0.25) is 0 Å². The molecular weight excluding hydrogens is 118 g/mol. The van der Waals surface area contributed by atoms with Crippen molar-refractivity contribution in [2.75, 3.05) is 19.8 Å². The van der Waals surface area contributed by atoms with Crippen LogP contribution >= 0.6 is 0 Å². The Hall–Kier alpha value is -0.770. The minimum Gasteiger partial charge on any atom is -0.839 e. The van der Waals surface area contributed by atoms with Crippen LogP contribution in [0.15, 0.2) is 4.99 Å². The zero-order chi connectivity index (χ0) is 6.53. The molecule has 4 nitrogen and oxygen atoms in total. The van der Waals surface area contributed by atoms with Crippen LogP contribution < -0.4 is 15.7 Å². The Bertz CT molecular complexity index is 113. The first-order valence-corrected chi connectivity index (χ1v) is 3.04. The Balaban J connectivity index is 2.28. The van der Waals surface area contributed by atoms with E-state index in [9.17, 15) is 5.11 Å². The maximum atomic E-state index is 9.97. The standard InChI is InChI=1S/C5H10N3O/c9-4-8-5-6-2-1-3-7-5/h1-4H2,(H2,6,7,8)/q-1. The molecule has 0 aromatic carbocycles. The van der Waals surface area contributed by atoms with Gasteiger partial charge in [0.2, 0.25) is 0 Å². The number of aliphatic imine (C=N–C) groups is 1. The van der Waals surface area contributed by atoms with Gasteiger partial charge >= 0.3 is 0 Å². The van der Waals surface area contributed by atoms with Crippen LogP contribution in [-0.2, 0) is 0 Å². The van der Waals surface area contributed by atoms with Crippen LogP contribution in [0.3, 0.4) is 0 Å². The van der Waals surface area contributed by atoms with E-state index in [-0.39, 0.29) is 6.73 Å². The molecule has 0 fully saturated rings. The number of hydrogen-bond donors (Lipinski definition) is 2. The predicted molar refractivity (Wildman–Crippen MR) is 32.9 cm³/mol. The first-order chi connectivity index (χ1) is 4.43. The second-order valence-corrected chi connectivity index (χ2v) is 1.83. The van der Waals surface area contributed by atoms with Crippen molar-refractivity contribution in [2.24, 2.45) is 4.99 Å². The molecule has 2 N–H and O–H groups in total. The van der Waals surface area contributed by atoms with Gasteiger partial charge in [-0.1, -0.05) is 6.73 Å². The van der Waals surface area contributed by atoms with Crippen molar-refractivity contribution in [3.8, 4) is 0 Å². The van der Waals surface area contributed by atoms with Gasteiger partial charge in [0.05, 0.1) is 0 Å². The third kappa shape index (κ3) is 1.89. The molecule has 0 spiro atoms. The van der Waals surface area contributed by atoms with E-state index < -0.39 is 0 Å². The van der Waals surface area contributed by atoms with Gasteiger partial charge in [-0.05, 0) is 6.42 Å². The summed E-state index contributed by atoms with van der Waals surface area (Å²) >= 11 is 0. The Labute approximate surface area is 54.0 Å². The highest BCUT2D eigenvalue weighted by Crippen LogP contribution is 1.85. The largest absolute Gasteiger partial charge is 0.839 e. The van der Waals surface area contributed by atoms with Gasteiger partial charge in [-0.25, -0.2) is 0 Å². The van der Waals surface area contributed by atoms with Crippen molar-refractivity contribution in [1.82, 2.24) is 10.6 Å². The van der Waals surface area contributed by atoms with Crippen molar-refractivity contribution < 1.29 is 5.11 Å². The van der Waals surface area contributed by atoms with E-state index in [0.29, 0.717) is 5.96 Å². The van der Waals surface area contributed by atoms with Gasteiger partial charge in [0.25, 0.3) is 0 Å². The van der Waals surface area contributed by atoms with E-state index in [1.807, 2.05) is 0 Å². The first kappa shape index (κ1) is 6.35. The summed E-state index contributed by atoms with van der Waals surface area (Å²) in [5.74, 6) is 0.649. The molecule has 0 unspecified atom stereocenters. The Morgan fingerprint density at radius 1 is 1.78 bits per heavy atom. The highest BCUT2D eigenvalue weighted by Gasteiger charge is 1.98. The highest BCUT2D eigenvalue weighted by molar-refractivity contribution is 5.79. The Kier molecular flexibility index (Phi) is 2.32. The van der Waals surface area contributed by atoms with Crippen LogP contribution in [0.1, 0.15) is 6.42 Å². The van der Waals surface area contributed by atoms with E-state index in [4.69, 9.17) is 0 Å². The van der Waals surface area contributed by atoms with Gasteiger partial charge in [-0.15, -0.1) is 0 Å². The van der Waals surface area contributed by atoms with Crippen LogP contribution in [-0.4, -0.2) is 25.8 Å². The van der Waals surface area contributed by atoms with Gasteiger partial charge in [-0.2, -0.15) is 0 Å². The molecular formula is C5H10N3O-. The summed E-state index contributed by atoms with van der Waals surface area (Å²) in [6, 6.07) is 0. The van der Waals surface area contributed by atoms with Crippen molar-refractivity contribution in [1.29, 1.82) is 0 Å². The fourth-order valence-corrected chi connectivity index (χ4v) is 0.719. The molecule has 0 amide bonds. The number of guanidine groups is 1. The molecule has 0 saturated heterocycles. The summed E-state index contributed by atoms with van der Waals surface area (Å²) in [5, 5.41) is 15.5. The summed E-state index contributed by atoms with van der Waals surface area (Å²) in [6.45, 7) is 1.45. The number of nitrogens with one attached hydrogen (secondary N) is 2. The lowest BCUT2D eigenvalue weighted by molar-refractivity contribution is -0.371. The molecule has 1 aliphatic heterocycles. The molecule has 1 rings (SSSR count). The topological polar surface area (TPSA) is 59.5 Å². The van der Waals surface area contributed by atoms with Crippen molar-refractivity contribution in [3.05, 3.63) is 0 Å². The Morgan fingerprint density at radius 3 is 3.22 bits per heavy atom. The zero-order valence-electron chi connectivity index (χ0n) is 5.18. The van der Waals surface area contributed by atoms with E-state index >= 15 is 0 Å². The summed E-state index contributed by atoms with van der Waals surface area (Å²) in [7, 11) is 0. The summed E-state index contributed by atoms with van der Waals surface area (Å²) in [4.78, 5) is 4.01. The van der Waals surface area contributed by atoms with Crippen LogP contribution in [0.5, 0.6) is 0 Å². The van der Waals surface area contributed by atoms with Gasteiger partial charge in [-0.3, -0.25) is 4.99 Å². The number of hydrogen-bond acceptors (Lipinski definition) is 4. The summed E-state index contributed by atoms with van der Waals surface area (Å²) < 4.78 is 0. The fraction of sp³-hybridized carbons (Fsp3) is 0.800. The summed E-state index contributed by atoms with van der Waals surface area (Å²) in [6.07, 6.45) is 1.06. The average Bonchev–Trinajstić information content (AvgIpc) is 1.91. The third-order valence-electron chi connectivity index (χ3n) is 1.14. The minimum absolute atomic E-state index is 0.300. The van der Waals surface area contributed by atoms with Crippen molar-refractivity contribution in [2.45, 2.75) is 6.42 Å². The van der Waals surface area contributed by atoms with Gasteiger partial charge in [0.15, 0.2) is 5.96 Å². The molecule has 1 aliphatic rings. The van der Waals surface area contributed by atoms with Gasteiger partial charge in [0.1, 0.15) is 0 Å². The van der Waals surface area contributed by atoms with E-state index in [0.717, 1.165) is 19.5 Å². The maximum absolute atomic E-state index is 9.97. The van der Waals surface area contributed by atoms with Crippen LogP contribution in [0.4, 0.5) is 0 Å². The highest BCUT2D eigenvalue weighted by atomic mass is 16.3. The fourth-order valence-electron chi connectivity index (χ4n) is 0.719. The molecule has 0 aliphatic carbocycles. The SMILES string of the molecule is [O-]CNC1=NCCCN1. The number of nitrogens with zero attached hydrogens (tertiary/aromatic N) is 1. The van der Waals surface area contributed by atoms with E-state index in [1.165, 1.54) is 0 Å². The molecule has 0 aromatic heterocycles.